The molecule has 1 amide bonds. The molecule has 0 aliphatic heterocycles. The number of allylic oxidation sites excluding steroid dienone is 12. The Morgan fingerprint density at radius 3 is 1.32 bits per heavy atom. The van der Waals surface area contributed by atoms with Gasteiger partial charge in [0.2, 0.25) is 5.91 Å². The van der Waals surface area contributed by atoms with Gasteiger partial charge in [-0.15, -0.1) is 0 Å². The van der Waals surface area contributed by atoms with Crippen LogP contribution in [0.4, 0.5) is 0 Å². The van der Waals surface area contributed by atoms with E-state index in [0.717, 1.165) is 89.9 Å². The minimum absolute atomic E-state index is 0.0318. The standard InChI is InChI=1S/C60H107NO5/c1-4-7-10-13-16-19-22-25-27-29-31-33-35-38-41-44-47-50-53-60(65)66-56(51-48-45-42-39-36-34-32-30-28-26-23-20-17-14-11-8-5-2)54-59(64)61-57(55-62)58(63)52-49-46-43-40-37-24-21-18-15-12-9-6-3/h17,20,26-29,31-34,39,42,56-58,62-63H,4-16,18-19,21-25,30,35-38,40-41,43-55H2,1-3H3,(H,61,64)/b20-17-,28-26-,29-27+,33-31+,34-32-,42-39-. The van der Waals surface area contributed by atoms with Gasteiger partial charge in [-0.3, -0.25) is 9.59 Å². The molecule has 0 radical (unpaired) electrons. The van der Waals surface area contributed by atoms with E-state index >= 15 is 0 Å². The van der Waals surface area contributed by atoms with E-state index in [4.69, 9.17) is 4.74 Å². The van der Waals surface area contributed by atoms with Crippen LogP contribution in [-0.4, -0.2) is 46.9 Å². The molecule has 0 aromatic heterocycles. The highest BCUT2D eigenvalue weighted by molar-refractivity contribution is 5.77. The van der Waals surface area contributed by atoms with Gasteiger partial charge in [0.05, 0.1) is 25.2 Å². The zero-order valence-corrected chi connectivity index (χ0v) is 43.6. The fourth-order valence-electron chi connectivity index (χ4n) is 8.23. The molecule has 0 saturated carbocycles. The molecule has 0 rings (SSSR count). The molecule has 6 nitrogen and oxygen atoms in total. The monoisotopic (exact) mass is 922 g/mol. The highest BCUT2D eigenvalue weighted by Gasteiger charge is 2.24. The number of aliphatic hydroxyl groups excluding tert-OH is 2. The van der Waals surface area contributed by atoms with Crippen molar-refractivity contribution in [3.8, 4) is 0 Å². The predicted octanol–water partition coefficient (Wildman–Crippen LogP) is 17.3. The van der Waals surface area contributed by atoms with E-state index in [1.165, 1.54) is 135 Å². The Hall–Kier alpha value is -2.70. The average molecular weight is 923 g/mol. The summed E-state index contributed by atoms with van der Waals surface area (Å²) in [6.07, 6.45) is 68.2. The van der Waals surface area contributed by atoms with Crippen LogP contribution in [0.2, 0.25) is 0 Å². The van der Waals surface area contributed by atoms with Crippen LogP contribution in [0.5, 0.6) is 0 Å². The molecule has 0 aliphatic carbocycles. The number of aliphatic hydroxyl groups is 2. The number of unbranched alkanes of at least 4 members (excludes halogenated alkanes) is 27. The zero-order valence-electron chi connectivity index (χ0n) is 43.6. The quantitative estimate of drug-likeness (QED) is 0.0244. The number of carbonyl (C=O) groups excluding carboxylic acids is 2. The summed E-state index contributed by atoms with van der Waals surface area (Å²) >= 11 is 0. The lowest BCUT2D eigenvalue weighted by molar-refractivity contribution is -0.151. The zero-order chi connectivity index (χ0) is 48.1. The van der Waals surface area contributed by atoms with Gasteiger partial charge in [0.1, 0.15) is 6.10 Å². The van der Waals surface area contributed by atoms with Crippen molar-refractivity contribution in [2.24, 2.45) is 0 Å². The van der Waals surface area contributed by atoms with E-state index in [1.807, 2.05) is 0 Å². The minimum atomic E-state index is -0.807. The number of rotatable bonds is 50. The van der Waals surface area contributed by atoms with Crippen molar-refractivity contribution in [1.82, 2.24) is 5.32 Å². The van der Waals surface area contributed by atoms with Gasteiger partial charge in [0.15, 0.2) is 0 Å². The summed E-state index contributed by atoms with van der Waals surface area (Å²) in [5.41, 5.74) is 0. The van der Waals surface area contributed by atoms with Crippen LogP contribution < -0.4 is 5.32 Å². The van der Waals surface area contributed by atoms with Gasteiger partial charge >= 0.3 is 5.97 Å². The summed E-state index contributed by atoms with van der Waals surface area (Å²) in [6.45, 7) is 6.44. The molecule has 382 valence electrons. The highest BCUT2D eigenvalue weighted by atomic mass is 16.5. The number of hydrogen-bond donors (Lipinski definition) is 3. The molecule has 0 spiro atoms. The van der Waals surface area contributed by atoms with E-state index in [2.05, 4.69) is 99.0 Å². The Kier molecular flexibility index (Phi) is 51.1. The van der Waals surface area contributed by atoms with Gasteiger partial charge in [-0.25, -0.2) is 0 Å². The van der Waals surface area contributed by atoms with Crippen molar-refractivity contribution in [1.29, 1.82) is 0 Å². The Labute approximate surface area is 409 Å². The number of hydrogen-bond acceptors (Lipinski definition) is 5. The maximum Gasteiger partial charge on any atom is 0.306 e. The van der Waals surface area contributed by atoms with Crippen LogP contribution in [0.25, 0.3) is 0 Å². The molecular formula is C60H107NO5. The van der Waals surface area contributed by atoms with Gasteiger partial charge in [-0.2, -0.15) is 0 Å². The number of amides is 1. The minimum Gasteiger partial charge on any atom is -0.462 e. The Morgan fingerprint density at radius 2 is 0.833 bits per heavy atom. The summed E-state index contributed by atoms with van der Waals surface area (Å²) in [6, 6.07) is -0.725. The first-order valence-corrected chi connectivity index (χ1v) is 28.2. The molecule has 0 fully saturated rings. The van der Waals surface area contributed by atoms with Crippen molar-refractivity contribution in [3.63, 3.8) is 0 Å². The second-order valence-electron chi connectivity index (χ2n) is 19.0. The number of carbonyl (C=O) groups is 2. The maximum atomic E-state index is 13.2. The molecule has 3 unspecified atom stereocenters. The normalized spacial score (nSPS) is 13.7. The van der Waals surface area contributed by atoms with E-state index in [-0.39, 0.29) is 24.9 Å². The molecule has 0 aromatic carbocycles. The Morgan fingerprint density at radius 1 is 0.455 bits per heavy atom. The topological polar surface area (TPSA) is 95.9 Å². The largest absolute Gasteiger partial charge is 0.462 e. The maximum absolute atomic E-state index is 13.2. The number of esters is 1. The van der Waals surface area contributed by atoms with Crippen LogP contribution >= 0.6 is 0 Å². The smallest absolute Gasteiger partial charge is 0.306 e. The molecule has 0 aromatic rings. The molecule has 0 aliphatic rings. The van der Waals surface area contributed by atoms with Crippen LogP contribution in [0.1, 0.15) is 271 Å². The second kappa shape index (κ2) is 53.3. The first kappa shape index (κ1) is 63.3. The predicted molar refractivity (Wildman–Crippen MR) is 287 cm³/mol. The van der Waals surface area contributed by atoms with Gasteiger partial charge in [0.25, 0.3) is 0 Å². The van der Waals surface area contributed by atoms with E-state index in [9.17, 15) is 19.8 Å². The molecule has 0 heterocycles. The van der Waals surface area contributed by atoms with Crippen LogP contribution in [-0.2, 0) is 14.3 Å². The third-order valence-corrected chi connectivity index (χ3v) is 12.5. The van der Waals surface area contributed by atoms with E-state index in [1.54, 1.807) is 0 Å². The van der Waals surface area contributed by atoms with E-state index < -0.39 is 18.2 Å². The Bertz CT molecular complexity index is 1220. The van der Waals surface area contributed by atoms with Gasteiger partial charge in [-0.05, 0) is 89.9 Å². The number of nitrogens with one attached hydrogen (secondary N) is 1. The average Bonchev–Trinajstić information content (AvgIpc) is 3.31. The summed E-state index contributed by atoms with van der Waals surface area (Å²) < 4.78 is 5.92. The van der Waals surface area contributed by atoms with Gasteiger partial charge in [-0.1, -0.05) is 241 Å². The fraction of sp³-hybridized carbons (Fsp3) is 0.767. The Balaban J connectivity index is 4.70. The van der Waals surface area contributed by atoms with Crippen LogP contribution in [0.15, 0.2) is 72.9 Å². The highest BCUT2D eigenvalue weighted by Crippen LogP contribution is 2.17. The summed E-state index contributed by atoms with van der Waals surface area (Å²) in [5.74, 6) is -0.543. The molecular weight excluding hydrogens is 815 g/mol. The van der Waals surface area contributed by atoms with Crippen molar-refractivity contribution in [3.05, 3.63) is 72.9 Å². The lowest BCUT2D eigenvalue weighted by atomic mass is 10.0. The summed E-state index contributed by atoms with van der Waals surface area (Å²) in [7, 11) is 0. The molecule has 6 heteroatoms. The van der Waals surface area contributed by atoms with Gasteiger partial charge in [0, 0.05) is 6.42 Å². The lowest BCUT2D eigenvalue weighted by Crippen LogP contribution is -2.46. The first-order valence-electron chi connectivity index (χ1n) is 28.2. The molecule has 0 bridgehead atoms. The third kappa shape index (κ3) is 47.8. The molecule has 0 saturated heterocycles. The summed E-state index contributed by atoms with van der Waals surface area (Å²) in [4.78, 5) is 26.2. The van der Waals surface area contributed by atoms with Crippen molar-refractivity contribution >= 4 is 11.9 Å². The second-order valence-corrected chi connectivity index (χ2v) is 19.0. The summed E-state index contributed by atoms with van der Waals surface area (Å²) in [5, 5.41) is 23.8. The van der Waals surface area contributed by atoms with Crippen LogP contribution in [0.3, 0.4) is 0 Å². The van der Waals surface area contributed by atoms with Gasteiger partial charge < -0.3 is 20.3 Å². The lowest BCUT2D eigenvalue weighted by Gasteiger charge is -2.24. The van der Waals surface area contributed by atoms with E-state index in [0.29, 0.717) is 19.3 Å². The van der Waals surface area contributed by atoms with Crippen molar-refractivity contribution < 1.29 is 24.5 Å². The first-order chi connectivity index (χ1) is 32.5. The van der Waals surface area contributed by atoms with Crippen LogP contribution in [0, 0.1) is 0 Å². The van der Waals surface area contributed by atoms with Crippen molar-refractivity contribution in [2.45, 2.75) is 289 Å². The molecule has 3 N–H and O–H groups in total. The SMILES string of the molecule is CCCCC/C=C\C/C=C\C/C=C\C/C=C\CCCC(CC(=O)NC(CO)C(O)CCCCCCCCCCCCCC)OC(=O)CCCCCCC/C=C/C=C/CCCCCCCCC. The molecule has 3 atom stereocenters. The third-order valence-electron chi connectivity index (χ3n) is 12.5. The van der Waals surface area contributed by atoms with Crippen molar-refractivity contribution in [2.75, 3.05) is 6.61 Å². The fourth-order valence-corrected chi connectivity index (χ4v) is 8.23. The number of ether oxygens (including phenoxy) is 1. The molecule has 66 heavy (non-hydrogen) atoms.